The van der Waals surface area contributed by atoms with E-state index in [1.54, 1.807) is 43.6 Å². The minimum atomic E-state index is -0.712. The lowest BCUT2D eigenvalue weighted by molar-refractivity contribution is 0.0940. The number of hydrogen-bond donors (Lipinski definition) is 3. The number of benzene rings is 1. The van der Waals surface area contributed by atoms with Crippen LogP contribution in [0.15, 0.2) is 47.8 Å². The van der Waals surface area contributed by atoms with Gasteiger partial charge in [-0.05, 0) is 11.6 Å². The maximum atomic E-state index is 12.1. The topological polar surface area (TPSA) is 106 Å². The van der Waals surface area contributed by atoms with Gasteiger partial charge in [0, 0.05) is 13.2 Å². The number of amidine groups is 1. The molecule has 1 amide bonds. The van der Waals surface area contributed by atoms with Crippen molar-refractivity contribution >= 4 is 11.7 Å². The zero-order valence-electron chi connectivity index (χ0n) is 10.9. The molecule has 7 heteroatoms. The summed E-state index contributed by atoms with van der Waals surface area (Å²) in [6.45, 7) is 0. The van der Waals surface area contributed by atoms with Crippen LogP contribution in [0.4, 0.5) is 0 Å². The lowest BCUT2D eigenvalue weighted by Gasteiger charge is -2.17. The Balaban J connectivity index is 2.23. The molecule has 1 heterocycles. The number of aromatic nitrogens is 2. The number of hydrogen-bond acceptors (Lipinski definition) is 4. The zero-order chi connectivity index (χ0) is 14.5. The lowest BCUT2D eigenvalue weighted by Crippen LogP contribution is -2.37. The molecule has 4 N–H and O–H groups in total. The summed E-state index contributed by atoms with van der Waals surface area (Å²) >= 11 is 0. The molecule has 0 radical (unpaired) electrons. The van der Waals surface area contributed by atoms with E-state index in [1.165, 1.54) is 4.68 Å². The van der Waals surface area contributed by atoms with Crippen LogP contribution in [0.1, 0.15) is 22.1 Å². The predicted molar refractivity (Wildman–Crippen MR) is 73.3 cm³/mol. The predicted octanol–water partition coefficient (Wildman–Crippen LogP) is 0.638. The van der Waals surface area contributed by atoms with Crippen LogP contribution >= 0.6 is 0 Å². The molecule has 0 spiro atoms. The molecule has 0 bridgehead atoms. The third-order valence-corrected chi connectivity index (χ3v) is 2.77. The van der Waals surface area contributed by atoms with Gasteiger partial charge in [-0.3, -0.25) is 9.48 Å². The summed E-state index contributed by atoms with van der Waals surface area (Å²) in [5.41, 5.74) is 6.62. The van der Waals surface area contributed by atoms with E-state index in [0.29, 0.717) is 5.56 Å². The van der Waals surface area contributed by atoms with Gasteiger partial charge in [-0.2, -0.15) is 5.10 Å². The molecular weight excluding hydrogens is 258 g/mol. The van der Waals surface area contributed by atoms with E-state index in [1.807, 2.05) is 6.07 Å². The second-order valence-corrected chi connectivity index (χ2v) is 4.22. The van der Waals surface area contributed by atoms with E-state index in [-0.39, 0.29) is 11.5 Å². The highest BCUT2D eigenvalue weighted by Gasteiger charge is 2.20. The van der Waals surface area contributed by atoms with Gasteiger partial charge in [-0.1, -0.05) is 35.5 Å². The molecule has 104 valence electrons. The number of nitrogens with two attached hydrogens (primary N) is 1. The second-order valence-electron chi connectivity index (χ2n) is 4.22. The standard InChI is InChI=1S/C13H15N5O2/c1-18-8-7-10(16-18)13(19)15-11(12(14)17-20)9-5-3-2-4-6-9/h2-8,11,20H,1H3,(H2,14,17)(H,15,19). The first-order valence-corrected chi connectivity index (χ1v) is 5.94. The van der Waals surface area contributed by atoms with Crippen LogP contribution in [0.5, 0.6) is 0 Å². The normalized spacial score (nSPS) is 12.9. The highest BCUT2D eigenvalue weighted by Crippen LogP contribution is 2.13. The van der Waals surface area contributed by atoms with Crippen molar-refractivity contribution in [2.45, 2.75) is 6.04 Å². The highest BCUT2D eigenvalue weighted by atomic mass is 16.4. The Hall–Kier alpha value is -2.83. The zero-order valence-corrected chi connectivity index (χ0v) is 10.9. The highest BCUT2D eigenvalue weighted by molar-refractivity contribution is 5.97. The summed E-state index contributed by atoms with van der Waals surface area (Å²) in [6.07, 6.45) is 1.66. The van der Waals surface area contributed by atoms with Crippen molar-refractivity contribution in [2.24, 2.45) is 17.9 Å². The van der Waals surface area contributed by atoms with Gasteiger partial charge < -0.3 is 16.3 Å². The smallest absolute Gasteiger partial charge is 0.272 e. The first-order chi connectivity index (χ1) is 9.61. The molecule has 0 saturated carbocycles. The Bertz CT molecular complexity index is 621. The van der Waals surface area contributed by atoms with Gasteiger partial charge in [0.05, 0.1) is 0 Å². The molecule has 20 heavy (non-hydrogen) atoms. The SMILES string of the molecule is Cn1ccc(C(=O)NC(/C(N)=N/O)c2ccccc2)n1. The molecule has 1 aromatic heterocycles. The van der Waals surface area contributed by atoms with Crippen molar-refractivity contribution < 1.29 is 10.0 Å². The summed E-state index contributed by atoms with van der Waals surface area (Å²) in [5.74, 6) is -0.494. The quantitative estimate of drug-likeness (QED) is 0.329. The van der Waals surface area contributed by atoms with Gasteiger partial charge in [-0.25, -0.2) is 0 Å². The monoisotopic (exact) mass is 273 g/mol. The van der Waals surface area contributed by atoms with E-state index in [2.05, 4.69) is 15.6 Å². The number of carbonyl (C=O) groups is 1. The Morgan fingerprint density at radius 2 is 2.10 bits per heavy atom. The summed E-state index contributed by atoms with van der Waals surface area (Å²) in [7, 11) is 1.72. The van der Waals surface area contributed by atoms with Crippen molar-refractivity contribution in [1.29, 1.82) is 0 Å². The Labute approximate surface area is 115 Å². The van der Waals surface area contributed by atoms with Crippen LogP contribution in [-0.2, 0) is 7.05 Å². The summed E-state index contributed by atoms with van der Waals surface area (Å²) in [6, 6.07) is 9.88. The van der Waals surface area contributed by atoms with E-state index < -0.39 is 11.9 Å². The number of amides is 1. The number of aryl methyl sites for hydroxylation is 1. The number of oxime groups is 1. The maximum Gasteiger partial charge on any atom is 0.272 e. The van der Waals surface area contributed by atoms with Crippen molar-refractivity contribution in [1.82, 2.24) is 15.1 Å². The van der Waals surface area contributed by atoms with Crippen LogP contribution < -0.4 is 11.1 Å². The Morgan fingerprint density at radius 1 is 1.40 bits per heavy atom. The molecule has 1 unspecified atom stereocenters. The van der Waals surface area contributed by atoms with E-state index in [9.17, 15) is 4.79 Å². The summed E-state index contributed by atoms with van der Waals surface area (Å²) < 4.78 is 1.52. The Kier molecular flexibility index (Phi) is 3.99. The van der Waals surface area contributed by atoms with Crippen molar-refractivity contribution in [3.05, 3.63) is 53.9 Å². The molecule has 1 atom stereocenters. The molecule has 0 aliphatic heterocycles. The molecule has 0 aliphatic carbocycles. The van der Waals surface area contributed by atoms with Gasteiger partial charge in [0.25, 0.3) is 5.91 Å². The Morgan fingerprint density at radius 3 is 2.65 bits per heavy atom. The van der Waals surface area contributed by atoms with Gasteiger partial charge >= 0.3 is 0 Å². The first-order valence-electron chi connectivity index (χ1n) is 5.94. The summed E-state index contributed by atoms with van der Waals surface area (Å²) in [5, 5.41) is 18.5. The van der Waals surface area contributed by atoms with Crippen LogP contribution in [-0.4, -0.2) is 26.7 Å². The molecule has 7 nitrogen and oxygen atoms in total. The van der Waals surface area contributed by atoms with Crippen LogP contribution in [0.3, 0.4) is 0 Å². The van der Waals surface area contributed by atoms with E-state index in [4.69, 9.17) is 10.9 Å². The van der Waals surface area contributed by atoms with Crippen LogP contribution in [0.2, 0.25) is 0 Å². The van der Waals surface area contributed by atoms with Gasteiger partial charge in [0.1, 0.15) is 11.7 Å². The molecule has 0 fully saturated rings. The van der Waals surface area contributed by atoms with Gasteiger partial charge in [0.15, 0.2) is 5.84 Å². The van der Waals surface area contributed by atoms with Crippen LogP contribution in [0.25, 0.3) is 0 Å². The minimum Gasteiger partial charge on any atom is -0.409 e. The largest absolute Gasteiger partial charge is 0.409 e. The van der Waals surface area contributed by atoms with Crippen molar-refractivity contribution in [3.8, 4) is 0 Å². The fourth-order valence-electron chi connectivity index (χ4n) is 1.77. The molecule has 2 aromatic rings. The molecule has 1 aromatic carbocycles. The lowest BCUT2D eigenvalue weighted by atomic mass is 10.1. The number of nitrogens with zero attached hydrogens (tertiary/aromatic N) is 3. The maximum absolute atomic E-state index is 12.1. The third-order valence-electron chi connectivity index (χ3n) is 2.77. The molecule has 0 saturated heterocycles. The fraction of sp³-hybridized carbons (Fsp3) is 0.154. The second kappa shape index (κ2) is 5.87. The average molecular weight is 273 g/mol. The molecular formula is C13H15N5O2. The summed E-state index contributed by atoms with van der Waals surface area (Å²) in [4.78, 5) is 12.1. The average Bonchev–Trinajstić information content (AvgIpc) is 2.91. The fourth-order valence-corrected chi connectivity index (χ4v) is 1.77. The van der Waals surface area contributed by atoms with Crippen LogP contribution in [0, 0.1) is 0 Å². The van der Waals surface area contributed by atoms with E-state index in [0.717, 1.165) is 0 Å². The van der Waals surface area contributed by atoms with Crippen molar-refractivity contribution in [3.63, 3.8) is 0 Å². The van der Waals surface area contributed by atoms with Gasteiger partial charge in [0.2, 0.25) is 0 Å². The van der Waals surface area contributed by atoms with Crippen molar-refractivity contribution in [2.75, 3.05) is 0 Å². The van der Waals surface area contributed by atoms with Gasteiger partial charge in [-0.15, -0.1) is 0 Å². The first kappa shape index (κ1) is 13.6. The number of rotatable bonds is 4. The third kappa shape index (κ3) is 2.94. The number of nitrogens with one attached hydrogen (secondary N) is 1. The van der Waals surface area contributed by atoms with E-state index >= 15 is 0 Å². The molecule has 0 aliphatic rings. The minimum absolute atomic E-state index is 0.0968. The molecule has 2 rings (SSSR count). The number of carbonyl (C=O) groups excluding carboxylic acids is 1.